The molecule has 0 amide bonds. The maximum absolute atomic E-state index is 8.89. The van der Waals surface area contributed by atoms with Crippen molar-refractivity contribution in [3.05, 3.63) is 28.8 Å². The fraction of sp³-hybridized carbons (Fsp3) is 0.647. The lowest BCUT2D eigenvalue weighted by Crippen LogP contribution is -2.06. The molecule has 0 saturated heterocycles. The first-order valence-corrected chi connectivity index (χ1v) is 7.65. The second-order valence-electron chi connectivity index (χ2n) is 5.04. The van der Waals surface area contributed by atoms with Gasteiger partial charge in [-0.15, -0.1) is 0 Å². The number of benzene rings is 1. The molecule has 1 aromatic rings. The van der Waals surface area contributed by atoms with Crippen LogP contribution in [0.2, 0.25) is 0 Å². The molecule has 0 atom stereocenters. The highest BCUT2D eigenvalue weighted by molar-refractivity contribution is 5.43. The van der Waals surface area contributed by atoms with Crippen LogP contribution < -0.4 is 4.74 Å². The Bertz CT molecular complexity index is 345. The van der Waals surface area contributed by atoms with Crippen LogP contribution in [0.1, 0.15) is 56.7 Å². The molecule has 0 spiro atoms. The van der Waals surface area contributed by atoms with Gasteiger partial charge in [-0.1, -0.05) is 40.0 Å². The predicted molar refractivity (Wildman–Crippen MR) is 81.0 cm³/mol. The third kappa shape index (κ3) is 4.87. The Morgan fingerprint density at radius 2 is 1.42 bits per heavy atom. The lowest BCUT2D eigenvalue weighted by molar-refractivity contribution is 0.201. The average Bonchev–Trinajstić information content (AvgIpc) is 2.40. The topological polar surface area (TPSA) is 29.5 Å². The largest absolute Gasteiger partial charge is 0.491 e. The van der Waals surface area contributed by atoms with E-state index >= 15 is 0 Å². The van der Waals surface area contributed by atoms with Crippen molar-refractivity contribution in [1.82, 2.24) is 0 Å². The molecular weight excluding hydrogens is 236 g/mol. The van der Waals surface area contributed by atoms with E-state index in [1.807, 2.05) is 0 Å². The first-order valence-electron chi connectivity index (χ1n) is 7.65. The van der Waals surface area contributed by atoms with Gasteiger partial charge < -0.3 is 9.84 Å². The number of hydrogen-bond acceptors (Lipinski definition) is 2. The molecular formula is C17H28O2. The van der Waals surface area contributed by atoms with Crippen molar-refractivity contribution in [2.24, 2.45) is 0 Å². The van der Waals surface area contributed by atoms with Gasteiger partial charge in [0.25, 0.3) is 0 Å². The summed E-state index contributed by atoms with van der Waals surface area (Å²) in [5, 5.41) is 8.89. The first-order chi connectivity index (χ1) is 9.26. The molecule has 2 heteroatoms. The molecule has 0 bridgehead atoms. The summed E-state index contributed by atoms with van der Waals surface area (Å²) in [5.41, 5.74) is 4.40. The molecule has 0 aliphatic rings. The van der Waals surface area contributed by atoms with Crippen molar-refractivity contribution in [3.63, 3.8) is 0 Å². The van der Waals surface area contributed by atoms with Gasteiger partial charge in [0.1, 0.15) is 12.4 Å². The second kappa shape index (κ2) is 8.98. The highest BCUT2D eigenvalue weighted by Crippen LogP contribution is 2.26. The number of aliphatic hydroxyl groups is 1. The molecule has 0 heterocycles. The Hall–Kier alpha value is -1.02. The summed E-state index contributed by atoms with van der Waals surface area (Å²) in [6, 6.07) is 4.34. The Balaban J connectivity index is 3.09. The number of aryl methyl sites for hydroxylation is 2. The van der Waals surface area contributed by atoms with Gasteiger partial charge in [-0.25, -0.2) is 0 Å². The molecule has 0 aliphatic carbocycles. The van der Waals surface area contributed by atoms with Gasteiger partial charge in [0.2, 0.25) is 0 Å². The molecule has 1 aromatic carbocycles. The van der Waals surface area contributed by atoms with Crippen LogP contribution in [0.15, 0.2) is 12.1 Å². The van der Waals surface area contributed by atoms with E-state index in [4.69, 9.17) is 9.84 Å². The van der Waals surface area contributed by atoms with Crippen LogP contribution in [-0.2, 0) is 19.3 Å². The monoisotopic (exact) mass is 264 g/mol. The number of rotatable bonds is 9. The first kappa shape index (κ1) is 16.0. The Morgan fingerprint density at radius 3 is 1.84 bits per heavy atom. The normalized spacial score (nSPS) is 10.7. The summed E-state index contributed by atoms with van der Waals surface area (Å²) in [6.45, 7) is 7.13. The summed E-state index contributed by atoms with van der Waals surface area (Å²) in [4.78, 5) is 0. The van der Waals surface area contributed by atoms with Crippen LogP contribution in [0.3, 0.4) is 0 Å². The number of hydrogen-bond donors (Lipinski definition) is 1. The molecule has 0 aliphatic heterocycles. The van der Waals surface area contributed by atoms with Crippen molar-refractivity contribution in [2.75, 3.05) is 13.2 Å². The van der Waals surface area contributed by atoms with Crippen molar-refractivity contribution < 1.29 is 9.84 Å². The fourth-order valence-corrected chi connectivity index (χ4v) is 2.57. The molecule has 0 fully saturated rings. The van der Waals surface area contributed by atoms with Crippen molar-refractivity contribution in [1.29, 1.82) is 0 Å². The van der Waals surface area contributed by atoms with Gasteiger partial charge in [0.15, 0.2) is 0 Å². The minimum atomic E-state index is 0.0724. The van der Waals surface area contributed by atoms with Crippen molar-refractivity contribution in [3.8, 4) is 5.75 Å². The van der Waals surface area contributed by atoms with E-state index in [0.29, 0.717) is 6.61 Å². The molecule has 0 unspecified atom stereocenters. The zero-order valence-corrected chi connectivity index (χ0v) is 12.7. The van der Waals surface area contributed by atoms with Gasteiger partial charge in [-0.2, -0.15) is 0 Å². The quantitative estimate of drug-likeness (QED) is 0.732. The molecule has 0 radical (unpaired) electrons. The highest BCUT2D eigenvalue weighted by Gasteiger charge is 2.10. The van der Waals surface area contributed by atoms with Gasteiger partial charge in [0.05, 0.1) is 6.61 Å². The zero-order valence-electron chi connectivity index (χ0n) is 12.7. The third-order valence-electron chi connectivity index (χ3n) is 3.31. The van der Waals surface area contributed by atoms with E-state index in [0.717, 1.165) is 37.9 Å². The van der Waals surface area contributed by atoms with E-state index in [2.05, 4.69) is 32.9 Å². The Kier molecular flexibility index (Phi) is 7.57. The van der Waals surface area contributed by atoms with E-state index in [-0.39, 0.29) is 6.61 Å². The van der Waals surface area contributed by atoms with Crippen LogP contribution in [0.4, 0.5) is 0 Å². The summed E-state index contributed by atoms with van der Waals surface area (Å²) in [5.74, 6) is 0.917. The van der Waals surface area contributed by atoms with E-state index in [1.165, 1.54) is 23.1 Å². The lowest BCUT2D eigenvalue weighted by Gasteiger charge is -2.17. The van der Waals surface area contributed by atoms with Crippen LogP contribution >= 0.6 is 0 Å². The van der Waals surface area contributed by atoms with E-state index < -0.39 is 0 Å². The van der Waals surface area contributed by atoms with Crippen molar-refractivity contribution >= 4 is 0 Å². The Labute approximate surface area is 117 Å². The van der Waals surface area contributed by atoms with Crippen LogP contribution in [0.5, 0.6) is 5.75 Å². The summed E-state index contributed by atoms with van der Waals surface area (Å²) in [7, 11) is 0. The van der Waals surface area contributed by atoms with Crippen LogP contribution in [0.25, 0.3) is 0 Å². The number of ether oxygens (including phenoxy) is 1. The van der Waals surface area contributed by atoms with Crippen molar-refractivity contribution in [2.45, 2.75) is 59.3 Å². The van der Waals surface area contributed by atoms with Gasteiger partial charge in [0, 0.05) is 0 Å². The molecule has 0 aromatic heterocycles. The van der Waals surface area contributed by atoms with Crippen LogP contribution in [-0.4, -0.2) is 18.3 Å². The number of aliphatic hydroxyl groups excluding tert-OH is 1. The SMILES string of the molecule is CCCc1cc(OCCO)cc(CCC)c1CCC. The Morgan fingerprint density at radius 1 is 0.895 bits per heavy atom. The summed E-state index contributed by atoms with van der Waals surface area (Å²) in [6.07, 6.45) is 6.89. The zero-order chi connectivity index (χ0) is 14.1. The molecule has 1 N–H and O–H groups in total. The van der Waals surface area contributed by atoms with Gasteiger partial charge in [-0.05, 0) is 48.1 Å². The molecule has 1 rings (SSSR count). The predicted octanol–water partition coefficient (Wildman–Crippen LogP) is 3.92. The lowest BCUT2D eigenvalue weighted by atomic mass is 9.92. The molecule has 2 nitrogen and oxygen atoms in total. The summed E-state index contributed by atoms with van der Waals surface area (Å²) >= 11 is 0. The minimum absolute atomic E-state index is 0.0724. The second-order valence-corrected chi connectivity index (χ2v) is 5.04. The third-order valence-corrected chi connectivity index (χ3v) is 3.31. The van der Waals surface area contributed by atoms with Crippen LogP contribution in [0, 0.1) is 0 Å². The van der Waals surface area contributed by atoms with Gasteiger partial charge in [-0.3, -0.25) is 0 Å². The van der Waals surface area contributed by atoms with Gasteiger partial charge >= 0.3 is 0 Å². The average molecular weight is 264 g/mol. The smallest absolute Gasteiger partial charge is 0.119 e. The van der Waals surface area contributed by atoms with E-state index in [1.54, 1.807) is 0 Å². The minimum Gasteiger partial charge on any atom is -0.491 e. The summed E-state index contributed by atoms with van der Waals surface area (Å²) < 4.78 is 5.61. The maximum Gasteiger partial charge on any atom is 0.119 e. The molecule has 108 valence electrons. The standard InChI is InChI=1S/C17H28O2/c1-4-7-14-12-16(19-11-10-18)13-15(8-5-2)17(14)9-6-3/h12-13,18H,4-11H2,1-3H3. The molecule has 19 heavy (non-hydrogen) atoms. The van der Waals surface area contributed by atoms with E-state index in [9.17, 15) is 0 Å². The maximum atomic E-state index is 8.89. The highest BCUT2D eigenvalue weighted by atomic mass is 16.5. The molecule has 0 saturated carbocycles. The fourth-order valence-electron chi connectivity index (χ4n) is 2.57.